The first-order chi connectivity index (χ1) is 18.0. The summed E-state index contributed by atoms with van der Waals surface area (Å²) in [5.74, 6) is -0.132. The van der Waals surface area contributed by atoms with Crippen LogP contribution in [-0.4, -0.2) is 24.6 Å². The van der Waals surface area contributed by atoms with E-state index in [-0.39, 0.29) is 12.2 Å². The number of nitrogens with zero attached hydrogens (tertiary/aromatic N) is 4. The van der Waals surface area contributed by atoms with E-state index in [0.717, 1.165) is 22.6 Å². The third kappa shape index (κ3) is 8.56. The fourth-order valence-electron chi connectivity index (χ4n) is 3.09. The molecule has 0 saturated carbocycles. The van der Waals surface area contributed by atoms with Crippen molar-refractivity contribution in [3.05, 3.63) is 104 Å². The predicted molar refractivity (Wildman–Crippen MR) is 151 cm³/mol. The van der Waals surface area contributed by atoms with Crippen LogP contribution < -0.4 is 10.3 Å². The van der Waals surface area contributed by atoms with Gasteiger partial charge in [-0.1, -0.05) is 32.0 Å². The number of aromatic nitrogens is 4. The average molecular weight is 586 g/mol. The van der Waals surface area contributed by atoms with Gasteiger partial charge in [-0.2, -0.15) is 4.39 Å². The summed E-state index contributed by atoms with van der Waals surface area (Å²) < 4.78 is 20.3. The largest absolute Gasteiger partial charge is 0.486 e. The van der Waals surface area contributed by atoms with Crippen molar-refractivity contribution >= 4 is 15.9 Å². The molecule has 0 aliphatic rings. The highest BCUT2D eigenvalue weighted by Crippen LogP contribution is 2.23. The number of aliphatic hydroxyl groups is 1. The van der Waals surface area contributed by atoms with Gasteiger partial charge in [0.15, 0.2) is 0 Å². The van der Waals surface area contributed by atoms with Gasteiger partial charge in [-0.3, -0.25) is 9.78 Å². The van der Waals surface area contributed by atoms with Gasteiger partial charge < -0.3 is 14.4 Å². The van der Waals surface area contributed by atoms with Gasteiger partial charge in [-0.15, -0.1) is 0 Å². The molecule has 202 valence electrons. The van der Waals surface area contributed by atoms with E-state index in [9.17, 15) is 14.3 Å². The monoisotopic (exact) mass is 584 g/mol. The molecule has 0 atom stereocenters. The Labute approximate surface area is 231 Å². The van der Waals surface area contributed by atoms with Crippen LogP contribution in [0.15, 0.2) is 70.1 Å². The summed E-state index contributed by atoms with van der Waals surface area (Å²) in [6, 6.07) is 15.8. The SMILES string of the molecule is CC.Cc1cc(OCc2cccc(F)n2)c(Br)c(=O)n1C.Cc1ccc(-c2cccc(C(C)(C)O)n2)nc1. The quantitative estimate of drug-likeness (QED) is 0.278. The van der Waals surface area contributed by atoms with Crippen molar-refractivity contribution in [1.82, 2.24) is 19.5 Å². The molecule has 0 aliphatic carbocycles. The van der Waals surface area contributed by atoms with Crippen LogP contribution in [0.4, 0.5) is 4.39 Å². The standard InChI is InChI=1S/C14H16N2O.C13H12BrFN2O2.C2H6/c1-10-7-8-11(15-9-10)12-5-4-6-13(16-12)14(2,3)17;1-8-6-10(12(14)13(18)17(8)2)19-7-9-4-3-5-11(15)16-9;1-2/h4-9,17H,1-3H3;3-6H,7H2,1-2H3;1-2H3. The second kappa shape index (κ2) is 13.9. The first-order valence-corrected chi connectivity index (χ1v) is 13.0. The molecule has 0 spiro atoms. The van der Waals surface area contributed by atoms with E-state index in [1.54, 1.807) is 46.0 Å². The Hall–Kier alpha value is -3.43. The fraction of sp³-hybridized carbons (Fsp3) is 0.310. The first-order valence-electron chi connectivity index (χ1n) is 12.2. The van der Waals surface area contributed by atoms with E-state index in [4.69, 9.17) is 4.74 Å². The normalized spacial score (nSPS) is 10.6. The second-order valence-corrected chi connectivity index (χ2v) is 9.55. The maximum absolute atomic E-state index is 12.9. The highest BCUT2D eigenvalue weighted by atomic mass is 79.9. The highest BCUT2D eigenvalue weighted by molar-refractivity contribution is 9.10. The minimum atomic E-state index is -0.930. The maximum atomic E-state index is 12.9. The Morgan fingerprint density at radius 1 is 1.03 bits per heavy atom. The van der Waals surface area contributed by atoms with Crippen molar-refractivity contribution in [2.24, 2.45) is 7.05 Å². The van der Waals surface area contributed by atoms with Crippen molar-refractivity contribution in [3.8, 4) is 17.1 Å². The van der Waals surface area contributed by atoms with Crippen molar-refractivity contribution in [2.45, 2.75) is 53.8 Å². The molecule has 0 bridgehead atoms. The molecule has 0 radical (unpaired) electrons. The summed E-state index contributed by atoms with van der Waals surface area (Å²) in [4.78, 5) is 24.3. The number of halogens is 2. The summed E-state index contributed by atoms with van der Waals surface area (Å²) in [7, 11) is 1.68. The van der Waals surface area contributed by atoms with Crippen LogP contribution in [0.2, 0.25) is 0 Å². The van der Waals surface area contributed by atoms with Gasteiger partial charge in [0.25, 0.3) is 5.56 Å². The number of hydrogen-bond acceptors (Lipinski definition) is 6. The number of rotatable bonds is 5. The summed E-state index contributed by atoms with van der Waals surface area (Å²) in [5.41, 5.74) is 3.50. The van der Waals surface area contributed by atoms with Crippen LogP contribution in [0.1, 0.15) is 50.3 Å². The van der Waals surface area contributed by atoms with Gasteiger partial charge in [0, 0.05) is 25.0 Å². The fourth-order valence-corrected chi connectivity index (χ4v) is 3.58. The molecule has 38 heavy (non-hydrogen) atoms. The Morgan fingerprint density at radius 2 is 1.71 bits per heavy atom. The zero-order valence-electron chi connectivity index (χ0n) is 22.8. The van der Waals surface area contributed by atoms with Crippen molar-refractivity contribution in [3.63, 3.8) is 0 Å². The third-order valence-corrected chi connectivity index (χ3v) is 6.01. The van der Waals surface area contributed by atoms with Gasteiger partial charge in [0.05, 0.1) is 22.8 Å². The van der Waals surface area contributed by atoms with Crippen LogP contribution in [0, 0.1) is 19.8 Å². The molecule has 0 saturated heterocycles. The van der Waals surface area contributed by atoms with Gasteiger partial charge in [-0.05, 0) is 79.5 Å². The Balaban J connectivity index is 0.000000252. The molecule has 4 aromatic heterocycles. The molecule has 0 fully saturated rings. The van der Waals surface area contributed by atoms with Crippen molar-refractivity contribution in [2.75, 3.05) is 0 Å². The predicted octanol–water partition coefficient (Wildman–Crippen LogP) is 6.27. The summed E-state index contributed by atoms with van der Waals surface area (Å²) in [6.07, 6.45) is 1.81. The zero-order valence-corrected chi connectivity index (χ0v) is 24.4. The summed E-state index contributed by atoms with van der Waals surface area (Å²) in [6.45, 7) is 11.4. The smallest absolute Gasteiger partial charge is 0.268 e. The van der Waals surface area contributed by atoms with E-state index in [0.29, 0.717) is 21.6 Å². The molecular weight excluding hydrogens is 551 g/mol. The number of hydrogen-bond donors (Lipinski definition) is 1. The lowest BCUT2D eigenvalue weighted by Gasteiger charge is -2.16. The zero-order chi connectivity index (χ0) is 28.5. The lowest BCUT2D eigenvalue weighted by Crippen LogP contribution is -2.20. The van der Waals surface area contributed by atoms with E-state index in [1.165, 1.54) is 10.6 Å². The van der Waals surface area contributed by atoms with Crippen LogP contribution in [0.3, 0.4) is 0 Å². The molecule has 4 rings (SSSR count). The highest BCUT2D eigenvalue weighted by Gasteiger charge is 2.18. The third-order valence-electron chi connectivity index (χ3n) is 5.28. The molecule has 7 nitrogen and oxygen atoms in total. The lowest BCUT2D eigenvalue weighted by atomic mass is 10.0. The number of ether oxygens (including phenoxy) is 1. The summed E-state index contributed by atoms with van der Waals surface area (Å²) in [5, 5.41) is 9.92. The Kier molecular flexibility index (Phi) is 11.3. The molecule has 1 N–H and O–H groups in total. The van der Waals surface area contributed by atoms with Crippen LogP contribution in [-0.2, 0) is 19.3 Å². The molecule has 0 amide bonds. The van der Waals surface area contributed by atoms with Crippen LogP contribution in [0.5, 0.6) is 5.75 Å². The molecule has 0 aliphatic heterocycles. The van der Waals surface area contributed by atoms with Crippen LogP contribution >= 0.6 is 15.9 Å². The molecule has 0 unspecified atom stereocenters. The van der Waals surface area contributed by atoms with Crippen molar-refractivity contribution < 1.29 is 14.2 Å². The Bertz CT molecular complexity index is 1400. The molecule has 4 heterocycles. The molecular formula is C29H34BrFN4O3. The van der Waals surface area contributed by atoms with E-state index in [2.05, 4.69) is 30.9 Å². The number of pyridine rings is 4. The van der Waals surface area contributed by atoms with Gasteiger partial charge in [-0.25, -0.2) is 9.97 Å². The second-order valence-electron chi connectivity index (χ2n) is 8.76. The van der Waals surface area contributed by atoms with E-state index >= 15 is 0 Å². The number of aryl methyl sites for hydroxylation is 2. The lowest BCUT2D eigenvalue weighted by molar-refractivity contribution is 0.0740. The first kappa shape index (κ1) is 30.8. The maximum Gasteiger partial charge on any atom is 0.268 e. The molecule has 9 heteroatoms. The minimum Gasteiger partial charge on any atom is -0.486 e. The van der Waals surface area contributed by atoms with Gasteiger partial charge in [0.1, 0.15) is 22.4 Å². The average Bonchev–Trinajstić information content (AvgIpc) is 2.90. The van der Waals surface area contributed by atoms with E-state index < -0.39 is 11.5 Å². The minimum absolute atomic E-state index is 0.100. The topological polar surface area (TPSA) is 90.1 Å². The van der Waals surface area contributed by atoms with E-state index in [1.807, 2.05) is 57.3 Å². The molecule has 4 aromatic rings. The summed E-state index contributed by atoms with van der Waals surface area (Å²) >= 11 is 3.20. The van der Waals surface area contributed by atoms with Gasteiger partial charge in [0.2, 0.25) is 5.95 Å². The van der Waals surface area contributed by atoms with Crippen LogP contribution in [0.25, 0.3) is 11.4 Å². The van der Waals surface area contributed by atoms with Crippen molar-refractivity contribution in [1.29, 1.82) is 0 Å². The molecule has 0 aromatic carbocycles. The van der Waals surface area contributed by atoms with Gasteiger partial charge >= 0.3 is 0 Å². The Morgan fingerprint density at radius 3 is 2.32 bits per heavy atom.